The molecule has 2 heteroatoms. The van der Waals surface area contributed by atoms with E-state index in [9.17, 15) is 0 Å². The monoisotopic (exact) mass is 233 g/mol. The van der Waals surface area contributed by atoms with Crippen LogP contribution in [0.2, 0.25) is 0 Å². The zero-order valence-corrected chi connectivity index (χ0v) is 10.9. The highest BCUT2D eigenvalue weighted by atomic mass is 16.5. The molecule has 1 aliphatic rings. The third-order valence-electron chi connectivity index (χ3n) is 3.28. The van der Waals surface area contributed by atoms with Gasteiger partial charge in [-0.1, -0.05) is 12.1 Å². The minimum absolute atomic E-state index is 0.251. The molecule has 0 aromatic heterocycles. The molecule has 0 aliphatic carbocycles. The second kappa shape index (κ2) is 6.06. The number of benzene rings is 1. The Morgan fingerprint density at radius 1 is 1.24 bits per heavy atom. The van der Waals surface area contributed by atoms with Gasteiger partial charge in [0.25, 0.3) is 0 Å². The Bertz CT molecular complexity index is 341. The average Bonchev–Trinajstić information content (AvgIpc) is 2.57. The molecule has 1 atom stereocenters. The molecule has 1 aromatic carbocycles. The largest absolute Gasteiger partial charge is 0.491 e. The number of ether oxygens (including phenoxy) is 1. The van der Waals surface area contributed by atoms with Crippen molar-refractivity contribution in [2.75, 3.05) is 13.1 Å². The molecule has 94 valence electrons. The quantitative estimate of drug-likeness (QED) is 0.864. The maximum absolute atomic E-state index is 5.76. The number of hydrogen-bond donors (Lipinski definition) is 1. The lowest BCUT2D eigenvalue weighted by molar-refractivity contribution is 0.242. The fourth-order valence-electron chi connectivity index (χ4n) is 2.47. The van der Waals surface area contributed by atoms with E-state index in [-0.39, 0.29) is 6.10 Å². The van der Waals surface area contributed by atoms with Crippen LogP contribution in [0.15, 0.2) is 24.3 Å². The summed E-state index contributed by atoms with van der Waals surface area (Å²) in [4.78, 5) is 0. The number of rotatable bonds is 3. The average molecular weight is 233 g/mol. The van der Waals surface area contributed by atoms with Crippen LogP contribution in [0.4, 0.5) is 0 Å². The van der Waals surface area contributed by atoms with E-state index in [1.165, 1.54) is 31.4 Å². The minimum atomic E-state index is 0.251. The summed E-state index contributed by atoms with van der Waals surface area (Å²) in [6, 6.07) is 8.63. The first-order valence-electron chi connectivity index (χ1n) is 6.73. The Hall–Kier alpha value is -1.02. The molecular formula is C15H23NO. The fourth-order valence-corrected chi connectivity index (χ4v) is 2.47. The van der Waals surface area contributed by atoms with Gasteiger partial charge < -0.3 is 10.1 Å². The van der Waals surface area contributed by atoms with E-state index < -0.39 is 0 Å². The number of hydrogen-bond acceptors (Lipinski definition) is 2. The topological polar surface area (TPSA) is 21.3 Å². The summed E-state index contributed by atoms with van der Waals surface area (Å²) < 4.78 is 5.76. The molecule has 17 heavy (non-hydrogen) atoms. The SMILES string of the molecule is CC(C)Oc1cccc(C2CCCNCC2)c1. The van der Waals surface area contributed by atoms with Crippen molar-refractivity contribution in [1.29, 1.82) is 0 Å². The third-order valence-corrected chi connectivity index (χ3v) is 3.28. The van der Waals surface area contributed by atoms with Gasteiger partial charge in [0.2, 0.25) is 0 Å². The van der Waals surface area contributed by atoms with E-state index in [2.05, 4.69) is 43.4 Å². The Morgan fingerprint density at radius 3 is 2.94 bits per heavy atom. The second-order valence-electron chi connectivity index (χ2n) is 5.12. The molecule has 1 N–H and O–H groups in total. The maximum atomic E-state index is 5.76. The lowest BCUT2D eigenvalue weighted by Gasteiger charge is -2.16. The molecule has 1 aliphatic heterocycles. The molecule has 2 rings (SSSR count). The predicted molar refractivity (Wildman–Crippen MR) is 71.7 cm³/mol. The van der Waals surface area contributed by atoms with E-state index in [0.29, 0.717) is 5.92 Å². The molecule has 0 amide bonds. The minimum Gasteiger partial charge on any atom is -0.491 e. The summed E-state index contributed by atoms with van der Waals surface area (Å²) in [6.07, 6.45) is 4.06. The van der Waals surface area contributed by atoms with Crippen LogP contribution in [-0.2, 0) is 0 Å². The first-order chi connectivity index (χ1) is 8.25. The van der Waals surface area contributed by atoms with Crippen molar-refractivity contribution in [3.63, 3.8) is 0 Å². The van der Waals surface area contributed by atoms with E-state index in [1.54, 1.807) is 0 Å². The van der Waals surface area contributed by atoms with Crippen LogP contribution >= 0.6 is 0 Å². The molecule has 1 fully saturated rings. The zero-order valence-electron chi connectivity index (χ0n) is 10.9. The molecule has 1 unspecified atom stereocenters. The van der Waals surface area contributed by atoms with Gasteiger partial charge in [0.15, 0.2) is 0 Å². The van der Waals surface area contributed by atoms with Crippen molar-refractivity contribution in [2.24, 2.45) is 0 Å². The lowest BCUT2D eigenvalue weighted by atomic mass is 9.92. The molecule has 0 saturated carbocycles. The van der Waals surface area contributed by atoms with Crippen LogP contribution < -0.4 is 10.1 Å². The van der Waals surface area contributed by atoms with Gasteiger partial charge in [0.05, 0.1) is 6.10 Å². The van der Waals surface area contributed by atoms with Crippen molar-refractivity contribution < 1.29 is 4.74 Å². The molecule has 0 spiro atoms. The van der Waals surface area contributed by atoms with Crippen LogP contribution in [0.25, 0.3) is 0 Å². The highest BCUT2D eigenvalue weighted by molar-refractivity contribution is 5.31. The van der Waals surface area contributed by atoms with Crippen LogP contribution in [0.5, 0.6) is 5.75 Å². The fraction of sp³-hybridized carbons (Fsp3) is 0.600. The Labute approximate surface area is 104 Å². The van der Waals surface area contributed by atoms with Crippen LogP contribution in [0.3, 0.4) is 0 Å². The predicted octanol–water partition coefficient (Wildman–Crippen LogP) is 3.33. The Balaban J connectivity index is 2.08. The number of nitrogens with one attached hydrogen (secondary N) is 1. The molecule has 0 radical (unpaired) electrons. The van der Waals surface area contributed by atoms with E-state index in [1.807, 2.05) is 0 Å². The van der Waals surface area contributed by atoms with Crippen molar-refractivity contribution in [3.05, 3.63) is 29.8 Å². The van der Waals surface area contributed by atoms with Crippen LogP contribution in [-0.4, -0.2) is 19.2 Å². The summed E-state index contributed by atoms with van der Waals surface area (Å²) in [6.45, 7) is 6.45. The first kappa shape index (κ1) is 12.4. The molecule has 2 nitrogen and oxygen atoms in total. The van der Waals surface area contributed by atoms with Gasteiger partial charge in [-0.2, -0.15) is 0 Å². The lowest BCUT2D eigenvalue weighted by Crippen LogP contribution is -2.13. The molecular weight excluding hydrogens is 210 g/mol. The van der Waals surface area contributed by atoms with Crippen LogP contribution in [0, 0.1) is 0 Å². The first-order valence-corrected chi connectivity index (χ1v) is 6.73. The molecule has 1 heterocycles. The van der Waals surface area contributed by atoms with Gasteiger partial charge in [-0.15, -0.1) is 0 Å². The summed E-state index contributed by atoms with van der Waals surface area (Å²) >= 11 is 0. The molecule has 1 aromatic rings. The van der Waals surface area contributed by atoms with Gasteiger partial charge in [0, 0.05) is 0 Å². The van der Waals surface area contributed by atoms with Gasteiger partial charge in [-0.05, 0) is 69.8 Å². The highest BCUT2D eigenvalue weighted by Gasteiger charge is 2.14. The zero-order chi connectivity index (χ0) is 12.1. The van der Waals surface area contributed by atoms with Crippen molar-refractivity contribution in [2.45, 2.75) is 45.1 Å². The summed E-state index contributed by atoms with van der Waals surface area (Å²) in [5, 5.41) is 3.46. The normalized spacial score (nSPS) is 21.2. The Kier molecular flexibility index (Phi) is 4.43. The smallest absolute Gasteiger partial charge is 0.119 e. The summed E-state index contributed by atoms with van der Waals surface area (Å²) in [5.41, 5.74) is 1.44. The molecule has 1 saturated heterocycles. The van der Waals surface area contributed by atoms with Gasteiger partial charge in [-0.3, -0.25) is 0 Å². The highest BCUT2D eigenvalue weighted by Crippen LogP contribution is 2.28. The van der Waals surface area contributed by atoms with Gasteiger partial charge >= 0.3 is 0 Å². The summed E-state index contributed by atoms with van der Waals surface area (Å²) in [7, 11) is 0. The van der Waals surface area contributed by atoms with E-state index >= 15 is 0 Å². The van der Waals surface area contributed by atoms with E-state index in [0.717, 1.165) is 12.3 Å². The summed E-state index contributed by atoms with van der Waals surface area (Å²) in [5.74, 6) is 1.70. The van der Waals surface area contributed by atoms with Crippen LogP contribution in [0.1, 0.15) is 44.6 Å². The molecule has 0 bridgehead atoms. The standard InChI is InChI=1S/C15H23NO/c1-12(2)17-15-7-3-5-14(11-15)13-6-4-9-16-10-8-13/h3,5,7,11-13,16H,4,6,8-10H2,1-2H3. The maximum Gasteiger partial charge on any atom is 0.119 e. The Morgan fingerprint density at radius 2 is 2.12 bits per heavy atom. The second-order valence-corrected chi connectivity index (χ2v) is 5.12. The van der Waals surface area contributed by atoms with Crippen molar-refractivity contribution in [3.8, 4) is 5.75 Å². The van der Waals surface area contributed by atoms with Crippen molar-refractivity contribution >= 4 is 0 Å². The van der Waals surface area contributed by atoms with Gasteiger partial charge in [-0.25, -0.2) is 0 Å². The van der Waals surface area contributed by atoms with Crippen molar-refractivity contribution in [1.82, 2.24) is 5.32 Å². The van der Waals surface area contributed by atoms with Gasteiger partial charge in [0.1, 0.15) is 5.75 Å². The van der Waals surface area contributed by atoms with E-state index in [4.69, 9.17) is 4.74 Å². The third kappa shape index (κ3) is 3.74.